The maximum absolute atomic E-state index is 4.69. The Morgan fingerprint density at radius 2 is 1.47 bits per heavy atom. The van der Waals surface area contributed by atoms with Gasteiger partial charge in [-0.3, -0.25) is 5.01 Å². The maximum atomic E-state index is 4.69. The second-order valence-electron chi connectivity index (χ2n) is 7.34. The van der Waals surface area contributed by atoms with Gasteiger partial charge in [0.15, 0.2) is 0 Å². The molecule has 2 rings (SSSR count). The first-order chi connectivity index (χ1) is 14.5. The van der Waals surface area contributed by atoms with Crippen LogP contribution in [0.25, 0.3) is 0 Å². The Bertz CT molecular complexity index is 807. The summed E-state index contributed by atoms with van der Waals surface area (Å²) in [4.78, 5) is 4.46. The number of hydrogen-bond acceptors (Lipinski definition) is 5. The lowest BCUT2D eigenvalue weighted by molar-refractivity contribution is -0.557. The Kier molecular flexibility index (Phi) is 9.22. The molecular weight excluding hydrogens is 372 g/mol. The number of anilines is 4. The SMILES string of the molecule is CCN(CC)c1ccc(Nc2ccc(N(C)/N=C(\C)CN(C)/C=C\[NH2+]C)cc2)cc1. The van der Waals surface area contributed by atoms with Gasteiger partial charge in [0.05, 0.1) is 31.2 Å². The van der Waals surface area contributed by atoms with Gasteiger partial charge < -0.3 is 20.4 Å². The summed E-state index contributed by atoms with van der Waals surface area (Å²) in [5.41, 5.74) is 5.50. The van der Waals surface area contributed by atoms with E-state index in [1.165, 1.54) is 5.69 Å². The van der Waals surface area contributed by atoms with Crippen molar-refractivity contribution in [3.8, 4) is 0 Å². The molecule has 3 N–H and O–H groups in total. The number of nitrogens with one attached hydrogen (secondary N) is 1. The van der Waals surface area contributed by atoms with E-state index in [-0.39, 0.29) is 0 Å². The molecule has 2 aromatic rings. The zero-order valence-electron chi connectivity index (χ0n) is 19.3. The van der Waals surface area contributed by atoms with Gasteiger partial charge in [0.2, 0.25) is 0 Å². The number of nitrogens with two attached hydrogens (primary N) is 1. The van der Waals surface area contributed by atoms with Crippen LogP contribution in [0.1, 0.15) is 20.8 Å². The highest BCUT2D eigenvalue weighted by Crippen LogP contribution is 2.23. The Morgan fingerprint density at radius 3 is 1.97 bits per heavy atom. The van der Waals surface area contributed by atoms with E-state index in [0.29, 0.717) is 0 Å². The molecule has 0 aliphatic carbocycles. The minimum atomic E-state index is 0.789. The molecule has 0 atom stereocenters. The van der Waals surface area contributed by atoms with Crippen LogP contribution < -0.4 is 20.5 Å². The Labute approximate surface area is 181 Å². The minimum Gasteiger partial charge on any atom is -0.372 e. The van der Waals surface area contributed by atoms with Gasteiger partial charge in [-0.15, -0.1) is 0 Å². The molecule has 0 heterocycles. The summed E-state index contributed by atoms with van der Waals surface area (Å²) in [5, 5.41) is 12.1. The highest BCUT2D eigenvalue weighted by Gasteiger charge is 2.04. The molecule has 2 aromatic carbocycles. The van der Waals surface area contributed by atoms with Crippen LogP contribution >= 0.6 is 0 Å². The predicted molar refractivity (Wildman–Crippen MR) is 131 cm³/mol. The van der Waals surface area contributed by atoms with Gasteiger partial charge in [0.25, 0.3) is 0 Å². The highest BCUT2D eigenvalue weighted by atomic mass is 15.4. The minimum absolute atomic E-state index is 0.789. The quantitative estimate of drug-likeness (QED) is 0.439. The van der Waals surface area contributed by atoms with Crippen LogP contribution in [0.5, 0.6) is 0 Å². The van der Waals surface area contributed by atoms with Gasteiger partial charge in [-0.2, -0.15) is 5.10 Å². The van der Waals surface area contributed by atoms with Crippen molar-refractivity contribution in [2.75, 3.05) is 56.0 Å². The molecule has 0 bridgehead atoms. The smallest absolute Gasteiger partial charge is 0.108 e. The van der Waals surface area contributed by atoms with Crippen molar-refractivity contribution in [1.82, 2.24) is 4.90 Å². The lowest BCUT2D eigenvalue weighted by Crippen LogP contribution is -2.72. The molecule has 0 amide bonds. The number of hydrazone groups is 1. The van der Waals surface area contributed by atoms with Crippen molar-refractivity contribution in [3.63, 3.8) is 0 Å². The Hall–Kier alpha value is -2.99. The number of nitrogens with zero attached hydrogens (tertiary/aromatic N) is 4. The molecule has 0 saturated carbocycles. The molecule has 0 radical (unpaired) electrons. The molecule has 6 nitrogen and oxygen atoms in total. The predicted octanol–water partition coefficient (Wildman–Crippen LogP) is 3.68. The molecule has 30 heavy (non-hydrogen) atoms. The van der Waals surface area contributed by atoms with Crippen molar-refractivity contribution in [2.24, 2.45) is 5.10 Å². The van der Waals surface area contributed by atoms with Crippen LogP contribution in [-0.4, -0.2) is 51.4 Å². The largest absolute Gasteiger partial charge is 0.372 e. The third-order valence-corrected chi connectivity index (χ3v) is 4.86. The van der Waals surface area contributed by atoms with Gasteiger partial charge >= 0.3 is 0 Å². The molecule has 0 aromatic heterocycles. The maximum Gasteiger partial charge on any atom is 0.108 e. The zero-order chi connectivity index (χ0) is 21.9. The molecule has 6 heteroatoms. The summed E-state index contributed by atoms with van der Waals surface area (Å²) < 4.78 is 0. The molecule has 162 valence electrons. The van der Waals surface area contributed by atoms with Crippen molar-refractivity contribution < 1.29 is 5.32 Å². The van der Waals surface area contributed by atoms with E-state index < -0.39 is 0 Å². The molecular formula is C24H37N6+. The van der Waals surface area contributed by atoms with Crippen LogP contribution in [0.2, 0.25) is 0 Å². The lowest BCUT2D eigenvalue weighted by Gasteiger charge is -2.21. The van der Waals surface area contributed by atoms with E-state index >= 15 is 0 Å². The standard InChI is InChI=1S/C24H36N6/c1-7-30(8-2)24-15-11-22(12-16-24)26-21-9-13-23(14-10-21)29(6)27-20(3)19-28(5)18-17-25-4/h9-18,25-26H,7-8,19H2,1-6H3/p+1/b18-17-,27-20+. The van der Waals surface area contributed by atoms with Gasteiger partial charge in [-0.05, 0) is 69.3 Å². The molecule has 0 unspecified atom stereocenters. The van der Waals surface area contributed by atoms with Gasteiger partial charge in [-0.1, -0.05) is 0 Å². The fourth-order valence-electron chi connectivity index (χ4n) is 3.26. The van der Waals surface area contributed by atoms with E-state index in [1.54, 1.807) is 0 Å². The molecule has 0 aliphatic rings. The second-order valence-corrected chi connectivity index (χ2v) is 7.34. The van der Waals surface area contributed by atoms with Crippen molar-refractivity contribution in [3.05, 3.63) is 60.9 Å². The van der Waals surface area contributed by atoms with E-state index in [2.05, 4.69) is 77.5 Å². The Morgan fingerprint density at radius 1 is 0.933 bits per heavy atom. The van der Waals surface area contributed by atoms with Crippen molar-refractivity contribution >= 4 is 28.5 Å². The average molecular weight is 410 g/mol. The fraction of sp³-hybridized carbons (Fsp3) is 0.375. The monoisotopic (exact) mass is 409 g/mol. The average Bonchev–Trinajstić information content (AvgIpc) is 2.74. The first-order valence-electron chi connectivity index (χ1n) is 10.6. The third kappa shape index (κ3) is 7.12. The first-order valence-corrected chi connectivity index (χ1v) is 10.6. The second kappa shape index (κ2) is 11.9. The normalized spacial score (nSPS) is 11.6. The summed E-state index contributed by atoms with van der Waals surface area (Å²) in [7, 11) is 6.04. The van der Waals surface area contributed by atoms with Gasteiger partial charge in [0, 0.05) is 44.2 Å². The van der Waals surface area contributed by atoms with Crippen LogP contribution in [0.3, 0.4) is 0 Å². The molecule has 0 spiro atoms. The van der Waals surface area contributed by atoms with Crippen molar-refractivity contribution in [1.29, 1.82) is 0 Å². The van der Waals surface area contributed by atoms with E-state index in [1.807, 2.05) is 50.8 Å². The topological polar surface area (TPSA) is 50.7 Å². The van der Waals surface area contributed by atoms with Crippen LogP contribution in [0.4, 0.5) is 22.7 Å². The van der Waals surface area contributed by atoms with Gasteiger partial charge in [-0.25, -0.2) is 0 Å². The first kappa shape index (κ1) is 23.3. The fourth-order valence-corrected chi connectivity index (χ4v) is 3.26. The highest BCUT2D eigenvalue weighted by molar-refractivity contribution is 5.84. The summed E-state index contributed by atoms with van der Waals surface area (Å²) in [6, 6.07) is 16.9. The number of benzene rings is 2. The number of rotatable bonds is 11. The van der Waals surface area contributed by atoms with E-state index in [9.17, 15) is 0 Å². The summed E-state index contributed by atoms with van der Waals surface area (Å²) in [6.07, 6.45) is 4.08. The Balaban J connectivity index is 1.97. The molecule has 0 saturated heterocycles. The van der Waals surface area contributed by atoms with Crippen molar-refractivity contribution in [2.45, 2.75) is 20.8 Å². The van der Waals surface area contributed by atoms with Gasteiger partial charge in [0.1, 0.15) is 6.20 Å². The summed E-state index contributed by atoms with van der Waals surface area (Å²) >= 11 is 0. The number of hydrogen-bond donors (Lipinski definition) is 2. The van der Waals surface area contributed by atoms with Crippen LogP contribution in [0.15, 0.2) is 66.0 Å². The number of quaternary nitrogens is 1. The van der Waals surface area contributed by atoms with E-state index in [0.717, 1.165) is 42.4 Å². The molecule has 0 aliphatic heterocycles. The zero-order valence-corrected chi connectivity index (χ0v) is 19.3. The third-order valence-electron chi connectivity index (χ3n) is 4.86. The molecule has 0 fully saturated rings. The summed E-state index contributed by atoms with van der Waals surface area (Å²) in [5.74, 6) is 0. The summed E-state index contributed by atoms with van der Waals surface area (Å²) in [6.45, 7) is 9.24. The lowest BCUT2D eigenvalue weighted by atomic mass is 10.2. The van der Waals surface area contributed by atoms with Crippen LogP contribution in [-0.2, 0) is 0 Å². The van der Waals surface area contributed by atoms with E-state index in [4.69, 9.17) is 5.10 Å². The van der Waals surface area contributed by atoms with Crippen LogP contribution in [0, 0.1) is 0 Å².